The fourth-order valence-corrected chi connectivity index (χ4v) is 3.63. The molecule has 0 bridgehead atoms. The lowest BCUT2D eigenvalue weighted by molar-refractivity contribution is -0.115. The molecular formula is C23H20FN3O3S. The molecule has 0 aliphatic rings. The Bertz CT molecular complexity index is 1120. The molecule has 31 heavy (non-hydrogen) atoms. The van der Waals surface area contributed by atoms with Crippen LogP contribution in [0.25, 0.3) is 0 Å². The Morgan fingerprint density at radius 2 is 1.48 bits per heavy atom. The molecule has 0 radical (unpaired) electrons. The van der Waals surface area contributed by atoms with Crippen LogP contribution in [0.4, 0.5) is 15.8 Å². The van der Waals surface area contributed by atoms with E-state index >= 15 is 0 Å². The van der Waals surface area contributed by atoms with Crippen LogP contribution in [0.15, 0.2) is 77.7 Å². The number of hydrogen-bond acceptors (Lipinski definition) is 4. The molecule has 3 aromatic rings. The first-order valence-corrected chi connectivity index (χ1v) is 10.3. The van der Waals surface area contributed by atoms with Gasteiger partial charge in [0.05, 0.1) is 22.1 Å². The van der Waals surface area contributed by atoms with Crippen LogP contribution in [0.2, 0.25) is 0 Å². The number of primary amides is 1. The highest BCUT2D eigenvalue weighted by atomic mass is 32.2. The zero-order chi connectivity index (χ0) is 22.4. The fourth-order valence-electron chi connectivity index (χ4n) is 2.76. The molecule has 4 N–H and O–H groups in total. The standard InChI is InChI=1S/C23H20FN3O3S/c1-14(22(29)27-20-9-5-3-7-18(20)21(25)28)31-16-12-10-15(11-13-16)26-23(30)17-6-2-4-8-19(17)24/h2-14H,1H3,(H2,25,28)(H,26,30)(H,27,29). The van der Waals surface area contributed by atoms with Crippen molar-refractivity contribution in [1.82, 2.24) is 0 Å². The Kier molecular flexibility index (Phi) is 7.04. The number of carbonyl (C=O) groups is 3. The molecule has 3 amide bonds. The van der Waals surface area contributed by atoms with Crippen molar-refractivity contribution in [3.8, 4) is 0 Å². The highest BCUT2D eigenvalue weighted by Crippen LogP contribution is 2.26. The molecule has 0 spiro atoms. The normalized spacial score (nSPS) is 11.4. The molecule has 8 heteroatoms. The number of nitrogens with one attached hydrogen (secondary N) is 2. The molecular weight excluding hydrogens is 417 g/mol. The van der Waals surface area contributed by atoms with Crippen molar-refractivity contribution in [2.75, 3.05) is 10.6 Å². The van der Waals surface area contributed by atoms with Gasteiger partial charge in [0.25, 0.3) is 11.8 Å². The molecule has 0 heterocycles. The monoisotopic (exact) mass is 437 g/mol. The lowest BCUT2D eigenvalue weighted by Gasteiger charge is -2.14. The van der Waals surface area contributed by atoms with Crippen molar-refractivity contribution in [3.05, 3.63) is 89.7 Å². The van der Waals surface area contributed by atoms with Gasteiger partial charge in [0.1, 0.15) is 5.82 Å². The number of anilines is 2. The summed E-state index contributed by atoms with van der Waals surface area (Å²) in [7, 11) is 0. The first kappa shape index (κ1) is 22.0. The Hall–Kier alpha value is -3.65. The predicted molar refractivity (Wildman–Crippen MR) is 120 cm³/mol. The molecule has 0 fully saturated rings. The van der Waals surface area contributed by atoms with Crippen LogP contribution in [-0.2, 0) is 4.79 Å². The van der Waals surface area contributed by atoms with Crippen LogP contribution < -0.4 is 16.4 Å². The molecule has 3 rings (SSSR count). The van der Waals surface area contributed by atoms with Crippen LogP contribution in [0.1, 0.15) is 27.6 Å². The van der Waals surface area contributed by atoms with E-state index in [4.69, 9.17) is 5.73 Å². The zero-order valence-electron chi connectivity index (χ0n) is 16.6. The number of thioether (sulfide) groups is 1. The van der Waals surface area contributed by atoms with Crippen molar-refractivity contribution in [1.29, 1.82) is 0 Å². The largest absolute Gasteiger partial charge is 0.366 e. The highest BCUT2D eigenvalue weighted by molar-refractivity contribution is 8.00. The summed E-state index contributed by atoms with van der Waals surface area (Å²) in [6.07, 6.45) is 0. The third kappa shape index (κ3) is 5.70. The van der Waals surface area contributed by atoms with Gasteiger partial charge in [-0.25, -0.2) is 4.39 Å². The number of para-hydroxylation sites is 1. The molecule has 158 valence electrons. The van der Waals surface area contributed by atoms with E-state index in [-0.39, 0.29) is 17.0 Å². The molecule has 0 aromatic heterocycles. The summed E-state index contributed by atoms with van der Waals surface area (Å²) in [6.45, 7) is 1.74. The maximum Gasteiger partial charge on any atom is 0.258 e. The van der Waals surface area contributed by atoms with Crippen LogP contribution >= 0.6 is 11.8 Å². The second-order valence-electron chi connectivity index (χ2n) is 6.62. The Labute approximate surface area is 183 Å². The summed E-state index contributed by atoms with van der Waals surface area (Å²) >= 11 is 1.31. The smallest absolute Gasteiger partial charge is 0.258 e. The van der Waals surface area contributed by atoms with E-state index in [2.05, 4.69) is 10.6 Å². The van der Waals surface area contributed by atoms with Crippen molar-refractivity contribution >= 4 is 40.9 Å². The number of rotatable bonds is 7. The number of benzene rings is 3. The van der Waals surface area contributed by atoms with E-state index < -0.39 is 22.9 Å². The molecule has 0 aliphatic carbocycles. The average Bonchev–Trinajstić information content (AvgIpc) is 2.75. The van der Waals surface area contributed by atoms with Crippen molar-refractivity contribution in [2.45, 2.75) is 17.1 Å². The number of halogens is 1. The van der Waals surface area contributed by atoms with Gasteiger partial charge >= 0.3 is 0 Å². The molecule has 1 atom stereocenters. The first-order chi connectivity index (χ1) is 14.8. The lowest BCUT2D eigenvalue weighted by atomic mass is 10.1. The molecule has 0 saturated carbocycles. The minimum absolute atomic E-state index is 0.0394. The van der Waals surface area contributed by atoms with Gasteiger partial charge in [-0.05, 0) is 55.5 Å². The van der Waals surface area contributed by atoms with Gasteiger partial charge in [0, 0.05) is 10.6 Å². The van der Waals surface area contributed by atoms with Gasteiger partial charge in [-0.15, -0.1) is 11.8 Å². The Morgan fingerprint density at radius 1 is 0.871 bits per heavy atom. The molecule has 0 aliphatic heterocycles. The average molecular weight is 437 g/mol. The topological polar surface area (TPSA) is 101 Å². The highest BCUT2D eigenvalue weighted by Gasteiger charge is 2.17. The van der Waals surface area contributed by atoms with Crippen LogP contribution in [0.5, 0.6) is 0 Å². The summed E-state index contributed by atoms with van der Waals surface area (Å²) in [5, 5.41) is 4.90. The van der Waals surface area contributed by atoms with Crippen molar-refractivity contribution in [3.63, 3.8) is 0 Å². The first-order valence-electron chi connectivity index (χ1n) is 9.37. The van der Waals surface area contributed by atoms with Crippen LogP contribution in [-0.4, -0.2) is 23.0 Å². The van der Waals surface area contributed by atoms with Crippen LogP contribution in [0, 0.1) is 5.82 Å². The van der Waals surface area contributed by atoms with E-state index in [0.717, 1.165) is 4.90 Å². The quantitative estimate of drug-likeness (QED) is 0.480. The minimum Gasteiger partial charge on any atom is -0.366 e. The Balaban J connectivity index is 1.60. The maximum absolute atomic E-state index is 13.7. The summed E-state index contributed by atoms with van der Waals surface area (Å²) in [4.78, 5) is 37.0. The van der Waals surface area contributed by atoms with E-state index in [1.165, 1.54) is 30.0 Å². The summed E-state index contributed by atoms with van der Waals surface area (Å²) < 4.78 is 13.7. The van der Waals surface area contributed by atoms with Crippen molar-refractivity contribution < 1.29 is 18.8 Å². The maximum atomic E-state index is 13.7. The predicted octanol–water partition coefficient (Wildman–Crippen LogP) is 4.30. The van der Waals surface area contributed by atoms with E-state index in [9.17, 15) is 18.8 Å². The fraction of sp³-hybridized carbons (Fsp3) is 0.0870. The molecule has 0 saturated heterocycles. The molecule has 3 aromatic carbocycles. The van der Waals surface area contributed by atoms with Crippen molar-refractivity contribution in [2.24, 2.45) is 5.73 Å². The summed E-state index contributed by atoms with van der Waals surface area (Å²) in [5.41, 5.74) is 6.40. The number of amides is 3. The summed E-state index contributed by atoms with van der Waals surface area (Å²) in [6, 6.07) is 19.1. The van der Waals surface area contributed by atoms with E-state index in [1.54, 1.807) is 61.5 Å². The van der Waals surface area contributed by atoms with Gasteiger partial charge in [0.15, 0.2) is 0 Å². The van der Waals surface area contributed by atoms with Gasteiger partial charge in [-0.1, -0.05) is 24.3 Å². The number of carbonyl (C=O) groups excluding carboxylic acids is 3. The SMILES string of the molecule is CC(Sc1ccc(NC(=O)c2ccccc2F)cc1)C(=O)Nc1ccccc1C(N)=O. The second kappa shape index (κ2) is 9.90. The van der Waals surface area contributed by atoms with Gasteiger partial charge < -0.3 is 16.4 Å². The van der Waals surface area contributed by atoms with Gasteiger partial charge in [-0.3, -0.25) is 14.4 Å². The lowest BCUT2D eigenvalue weighted by Crippen LogP contribution is -2.24. The number of nitrogens with two attached hydrogens (primary N) is 1. The molecule has 6 nitrogen and oxygen atoms in total. The number of hydrogen-bond donors (Lipinski definition) is 3. The zero-order valence-corrected chi connectivity index (χ0v) is 17.4. The minimum atomic E-state index is -0.621. The van der Waals surface area contributed by atoms with E-state index in [0.29, 0.717) is 11.4 Å². The second-order valence-corrected chi connectivity index (χ2v) is 8.03. The molecule has 1 unspecified atom stereocenters. The van der Waals surface area contributed by atoms with Gasteiger partial charge in [0.2, 0.25) is 5.91 Å². The third-order valence-corrected chi connectivity index (χ3v) is 5.48. The summed E-state index contributed by atoms with van der Waals surface area (Å²) in [5.74, 6) is -2.04. The van der Waals surface area contributed by atoms with Gasteiger partial charge in [-0.2, -0.15) is 0 Å². The Morgan fingerprint density at radius 3 is 2.13 bits per heavy atom. The van der Waals surface area contributed by atoms with E-state index in [1.807, 2.05) is 0 Å². The third-order valence-electron chi connectivity index (χ3n) is 4.36. The van der Waals surface area contributed by atoms with Crippen LogP contribution in [0.3, 0.4) is 0 Å².